The molecule has 1 aliphatic rings. The van der Waals surface area contributed by atoms with E-state index in [1.165, 1.54) is 6.07 Å². The molecule has 38 heavy (non-hydrogen) atoms. The van der Waals surface area contributed by atoms with Gasteiger partial charge in [0.1, 0.15) is 5.84 Å². The van der Waals surface area contributed by atoms with Crippen molar-refractivity contribution in [1.29, 1.82) is 5.41 Å². The minimum Gasteiger partial charge on any atom is -0.490 e. The molecule has 2 N–H and O–H groups in total. The summed E-state index contributed by atoms with van der Waals surface area (Å²) in [5.74, 6) is -0.133. The lowest BCUT2D eigenvalue weighted by Crippen LogP contribution is -2.30. The number of ether oxygens (including phenoxy) is 1. The lowest BCUT2D eigenvalue weighted by atomic mass is 9.84. The van der Waals surface area contributed by atoms with Crippen LogP contribution in [0.4, 0.5) is 5.69 Å². The van der Waals surface area contributed by atoms with Crippen LogP contribution in [0.5, 0.6) is 11.5 Å². The Labute approximate surface area is 224 Å². The van der Waals surface area contributed by atoms with Crippen LogP contribution in [0.1, 0.15) is 65.1 Å². The predicted molar refractivity (Wildman–Crippen MR) is 148 cm³/mol. The van der Waals surface area contributed by atoms with Crippen molar-refractivity contribution < 1.29 is 26.9 Å². The summed E-state index contributed by atoms with van der Waals surface area (Å²) in [6.45, 7) is 7.93. The summed E-state index contributed by atoms with van der Waals surface area (Å²) in [4.78, 5) is 29.5. The first-order chi connectivity index (χ1) is 17.6. The van der Waals surface area contributed by atoms with Gasteiger partial charge in [0.25, 0.3) is 5.91 Å². The molecular weight excluding hydrogens is 508 g/mol. The maximum Gasteiger partial charge on any atom is 0.306 e. The Kier molecular flexibility index (Phi) is 8.11. The van der Waals surface area contributed by atoms with Crippen LogP contribution in [0, 0.1) is 5.41 Å². The summed E-state index contributed by atoms with van der Waals surface area (Å²) in [6, 6.07) is 6.69. The first-order valence-corrected chi connectivity index (χ1v) is 14.0. The summed E-state index contributed by atoms with van der Waals surface area (Å²) in [5, 5.41) is 11.4. The number of rotatable bonds is 9. The van der Waals surface area contributed by atoms with E-state index >= 15 is 0 Å². The Morgan fingerprint density at radius 2 is 1.82 bits per heavy atom. The minimum absolute atomic E-state index is 0.0673. The van der Waals surface area contributed by atoms with Gasteiger partial charge in [0.05, 0.1) is 25.0 Å². The van der Waals surface area contributed by atoms with Crippen molar-refractivity contribution in [2.45, 2.75) is 39.7 Å². The molecule has 2 aromatic carbocycles. The van der Waals surface area contributed by atoms with Gasteiger partial charge in [-0.3, -0.25) is 15.0 Å². The topological polar surface area (TPSA) is 129 Å². The number of nitrogens with zero attached hydrogens (tertiary/aromatic N) is 2. The number of anilines is 1. The highest BCUT2D eigenvalue weighted by atomic mass is 32.2. The number of Topliss-reactive ketones (excluding diaryl/α,β-unsaturated/α-hetero) is 1. The van der Waals surface area contributed by atoms with Gasteiger partial charge in [-0.25, -0.2) is 0 Å². The zero-order valence-corrected chi connectivity index (χ0v) is 24.0. The largest absolute Gasteiger partial charge is 0.490 e. The van der Waals surface area contributed by atoms with E-state index in [0.29, 0.717) is 28.8 Å². The minimum atomic E-state index is -3.85. The van der Waals surface area contributed by atoms with E-state index in [0.717, 1.165) is 17.5 Å². The van der Waals surface area contributed by atoms with Gasteiger partial charge in [0.2, 0.25) is 0 Å². The van der Waals surface area contributed by atoms with Gasteiger partial charge in [-0.1, -0.05) is 20.8 Å². The number of carbonyl (C=O) groups is 2. The molecule has 0 saturated heterocycles. The van der Waals surface area contributed by atoms with Crippen LogP contribution < -0.4 is 19.1 Å². The molecule has 1 amide bonds. The maximum atomic E-state index is 13.5. The van der Waals surface area contributed by atoms with E-state index in [2.05, 4.69) is 5.32 Å². The fourth-order valence-electron chi connectivity index (χ4n) is 4.34. The molecule has 0 saturated carbocycles. The van der Waals surface area contributed by atoms with Crippen LogP contribution >= 0.6 is 0 Å². The molecule has 3 rings (SSSR count). The number of carbonyl (C=O) groups excluding carboxylic acids is 2. The van der Waals surface area contributed by atoms with E-state index in [4.69, 9.17) is 14.3 Å². The fraction of sp³-hybridized carbons (Fsp3) is 0.444. The summed E-state index contributed by atoms with van der Waals surface area (Å²) >= 11 is 0. The quantitative estimate of drug-likeness (QED) is 0.364. The van der Waals surface area contributed by atoms with Gasteiger partial charge in [-0.05, 0) is 42.2 Å². The van der Waals surface area contributed by atoms with E-state index in [9.17, 15) is 18.0 Å². The molecule has 0 aromatic heterocycles. The molecule has 0 fully saturated rings. The van der Waals surface area contributed by atoms with Crippen molar-refractivity contribution in [2.75, 3.05) is 45.5 Å². The summed E-state index contributed by atoms with van der Waals surface area (Å²) < 4.78 is 34.9. The van der Waals surface area contributed by atoms with Crippen LogP contribution in [0.3, 0.4) is 0 Å². The van der Waals surface area contributed by atoms with Crippen molar-refractivity contribution in [2.24, 2.45) is 0 Å². The van der Waals surface area contributed by atoms with E-state index in [-0.39, 0.29) is 42.2 Å². The third-order valence-electron chi connectivity index (χ3n) is 6.16. The van der Waals surface area contributed by atoms with Gasteiger partial charge in [-0.2, -0.15) is 8.42 Å². The molecular formula is C27H36N4O6S. The van der Waals surface area contributed by atoms with E-state index in [1.807, 2.05) is 45.8 Å². The van der Waals surface area contributed by atoms with Gasteiger partial charge < -0.3 is 24.0 Å². The third-order valence-corrected chi connectivity index (χ3v) is 6.63. The number of hydrogen-bond donors (Lipinski definition) is 2. The van der Waals surface area contributed by atoms with Crippen LogP contribution in [0.25, 0.3) is 0 Å². The molecule has 1 heterocycles. The Hall–Kier alpha value is -3.60. The molecule has 0 radical (unpaired) electrons. The number of fused-ring (bicyclic) bond motifs is 1. The number of hydrogen-bond acceptors (Lipinski definition) is 8. The molecule has 206 valence electrons. The Bertz CT molecular complexity index is 1390. The molecule has 0 aliphatic carbocycles. The van der Waals surface area contributed by atoms with Crippen molar-refractivity contribution in [3.63, 3.8) is 0 Å². The zero-order valence-electron chi connectivity index (χ0n) is 23.2. The van der Waals surface area contributed by atoms with Crippen molar-refractivity contribution >= 4 is 33.3 Å². The van der Waals surface area contributed by atoms with Gasteiger partial charge >= 0.3 is 10.1 Å². The van der Waals surface area contributed by atoms with Crippen LogP contribution in [-0.4, -0.2) is 71.4 Å². The average Bonchev–Trinajstić information content (AvgIpc) is 3.11. The molecule has 1 aliphatic heterocycles. The summed E-state index contributed by atoms with van der Waals surface area (Å²) in [5.41, 5.74) is 2.91. The first kappa shape index (κ1) is 29.0. The summed E-state index contributed by atoms with van der Waals surface area (Å²) in [7, 11) is 1.40. The number of benzene rings is 2. The number of amides is 1. The third kappa shape index (κ3) is 6.09. The maximum absolute atomic E-state index is 13.5. The Morgan fingerprint density at radius 3 is 2.34 bits per heavy atom. The first-order valence-electron chi connectivity index (χ1n) is 12.2. The lowest BCUT2D eigenvalue weighted by molar-refractivity contribution is 0.0955. The molecule has 11 heteroatoms. The Morgan fingerprint density at radius 1 is 1.16 bits per heavy atom. The molecule has 2 aromatic rings. The number of nitrogens with one attached hydrogen (secondary N) is 2. The average molecular weight is 545 g/mol. The second kappa shape index (κ2) is 10.6. The molecule has 0 bridgehead atoms. The Balaban J connectivity index is 1.99. The smallest absolute Gasteiger partial charge is 0.306 e. The standard InChI is InChI=1S/C27H36N4O6S/c1-9-36-23-12-16(10-20(27(2,3)4)24(23)37-38(8,34)35)22(32)15-31-14-17-11-21(30(6)7)19(26(33)29-5)13-18(17)25(31)28/h10-13,28H,9,14-15H2,1-8H3,(H,29,33). The SMILES string of the molecule is CCOc1cc(C(=O)CN2Cc3cc(N(C)C)c(C(=O)NC)cc3C2=N)cc(C(C)(C)C)c1OS(C)(=O)=O. The zero-order chi connectivity index (χ0) is 28.6. The summed E-state index contributed by atoms with van der Waals surface area (Å²) in [6.07, 6.45) is 0.960. The van der Waals surface area contributed by atoms with Crippen molar-refractivity contribution in [3.8, 4) is 11.5 Å². The second-order valence-corrected chi connectivity index (χ2v) is 12.0. The fourth-order valence-corrected chi connectivity index (χ4v) is 4.82. The van der Waals surface area contributed by atoms with E-state index < -0.39 is 15.5 Å². The van der Waals surface area contributed by atoms with Gasteiger partial charge in [0.15, 0.2) is 17.3 Å². The van der Waals surface area contributed by atoms with Gasteiger partial charge in [0, 0.05) is 50.1 Å². The normalized spacial score (nSPS) is 13.3. The molecule has 0 unspecified atom stereocenters. The van der Waals surface area contributed by atoms with Crippen LogP contribution in [0.2, 0.25) is 0 Å². The van der Waals surface area contributed by atoms with Crippen LogP contribution in [0.15, 0.2) is 24.3 Å². The van der Waals surface area contributed by atoms with Crippen molar-refractivity contribution in [3.05, 3.63) is 52.1 Å². The monoisotopic (exact) mass is 544 g/mol. The molecule has 10 nitrogen and oxygen atoms in total. The second-order valence-electron chi connectivity index (χ2n) is 10.4. The number of amidine groups is 1. The highest BCUT2D eigenvalue weighted by molar-refractivity contribution is 7.86. The number of ketones is 1. The highest BCUT2D eigenvalue weighted by Crippen LogP contribution is 2.41. The van der Waals surface area contributed by atoms with E-state index in [1.54, 1.807) is 31.0 Å². The predicted octanol–water partition coefficient (Wildman–Crippen LogP) is 3.17. The van der Waals surface area contributed by atoms with Crippen molar-refractivity contribution in [1.82, 2.24) is 10.2 Å². The van der Waals surface area contributed by atoms with Gasteiger partial charge in [-0.15, -0.1) is 0 Å². The van der Waals surface area contributed by atoms with Crippen LogP contribution in [-0.2, 0) is 22.1 Å². The molecule has 0 atom stereocenters. The highest BCUT2D eigenvalue weighted by Gasteiger charge is 2.31. The lowest BCUT2D eigenvalue weighted by Gasteiger charge is -2.25. The molecule has 0 spiro atoms.